The van der Waals surface area contributed by atoms with Gasteiger partial charge in [0.2, 0.25) is 11.9 Å². The van der Waals surface area contributed by atoms with Crippen LogP contribution in [0.2, 0.25) is 5.15 Å². The number of aliphatic hydroxyl groups excluding tert-OH is 1. The fourth-order valence-electron chi connectivity index (χ4n) is 6.25. The number of rotatable bonds is 10. The summed E-state index contributed by atoms with van der Waals surface area (Å²) in [6.45, 7) is 10.3. The topological polar surface area (TPSA) is 116 Å². The molecule has 248 valence electrons. The molecule has 1 aliphatic rings. The molecule has 1 aromatic heterocycles. The van der Waals surface area contributed by atoms with E-state index in [1.165, 1.54) is 12.1 Å². The summed E-state index contributed by atoms with van der Waals surface area (Å²) in [6.07, 6.45) is -0.0588. The van der Waals surface area contributed by atoms with Crippen LogP contribution in [0.4, 0.5) is 5.95 Å². The second-order valence-corrected chi connectivity index (χ2v) is 14.7. The van der Waals surface area contributed by atoms with Gasteiger partial charge in [-0.05, 0) is 60.6 Å². The normalized spacial score (nSPS) is 17.5. The van der Waals surface area contributed by atoms with E-state index in [2.05, 4.69) is 45.6 Å². The number of amides is 1. The molecule has 0 saturated carbocycles. The quantitative estimate of drug-likeness (QED) is 0.202. The molecule has 2 heterocycles. The van der Waals surface area contributed by atoms with Gasteiger partial charge in [-0.15, -0.1) is 0 Å². The van der Waals surface area contributed by atoms with Gasteiger partial charge in [-0.3, -0.25) is 9.69 Å². The van der Waals surface area contributed by atoms with Gasteiger partial charge in [-0.1, -0.05) is 86.1 Å². The molecule has 1 amide bonds. The van der Waals surface area contributed by atoms with E-state index in [-0.39, 0.29) is 40.3 Å². The molecule has 0 unspecified atom stereocenters. The highest BCUT2D eigenvalue weighted by atomic mass is 35.5. The number of aryl methyl sites for hydroxylation is 2. The average molecular weight is 676 g/mol. The highest BCUT2D eigenvalue weighted by molar-refractivity contribution is 7.92. The zero-order valence-corrected chi connectivity index (χ0v) is 28.8. The number of nitrogens with one attached hydrogen (secondary N) is 1. The minimum Gasteiger partial charge on any atom is -0.390 e. The summed E-state index contributed by atoms with van der Waals surface area (Å²) in [7, 11) is -4.12. The maximum absolute atomic E-state index is 13.8. The van der Waals surface area contributed by atoms with Gasteiger partial charge in [0.25, 0.3) is 10.0 Å². The summed E-state index contributed by atoms with van der Waals surface area (Å²) in [5.74, 6) is -0.0314. The van der Waals surface area contributed by atoms with Gasteiger partial charge in [-0.25, -0.2) is 23.1 Å². The fourth-order valence-corrected chi connectivity index (χ4v) is 7.45. The van der Waals surface area contributed by atoms with E-state index in [9.17, 15) is 18.3 Å². The number of benzene rings is 3. The molecule has 1 saturated heterocycles. The van der Waals surface area contributed by atoms with Crippen LogP contribution in [-0.2, 0) is 27.8 Å². The van der Waals surface area contributed by atoms with Crippen LogP contribution in [0.3, 0.4) is 0 Å². The first-order valence-corrected chi connectivity index (χ1v) is 17.7. The number of β-amino-alcohol motifs (C(OH)–C–C–N with tert-alkyl or cyclic N) is 1. The summed E-state index contributed by atoms with van der Waals surface area (Å²) >= 11 is 6.30. The Hall–Kier alpha value is -3.83. The first kappa shape index (κ1) is 34.5. The Kier molecular flexibility index (Phi) is 11.0. The smallest absolute Gasteiger partial charge is 0.264 e. The Bertz CT molecular complexity index is 1800. The Morgan fingerprint density at radius 1 is 0.957 bits per heavy atom. The lowest BCUT2D eigenvalue weighted by molar-refractivity contribution is -0.135. The third kappa shape index (κ3) is 8.75. The molecular formula is C36H42ClN5O4S. The predicted molar refractivity (Wildman–Crippen MR) is 186 cm³/mol. The molecule has 0 radical (unpaired) electrons. The summed E-state index contributed by atoms with van der Waals surface area (Å²) < 4.78 is 29.5. The third-order valence-electron chi connectivity index (χ3n) is 8.45. The molecule has 2 atom stereocenters. The molecule has 0 aliphatic carbocycles. The first-order valence-electron chi connectivity index (χ1n) is 15.9. The van der Waals surface area contributed by atoms with Crippen molar-refractivity contribution in [3.8, 4) is 11.3 Å². The number of carbonyl (C=O) groups excluding carboxylic acids is 1. The zero-order chi connectivity index (χ0) is 33.7. The van der Waals surface area contributed by atoms with E-state index < -0.39 is 16.1 Å². The summed E-state index contributed by atoms with van der Waals surface area (Å²) in [5.41, 5.74) is 5.01. The van der Waals surface area contributed by atoms with Crippen molar-refractivity contribution >= 4 is 33.5 Å². The summed E-state index contributed by atoms with van der Waals surface area (Å²) in [5, 5.41) is 11.4. The monoisotopic (exact) mass is 675 g/mol. The van der Waals surface area contributed by atoms with Crippen molar-refractivity contribution in [3.63, 3.8) is 0 Å². The van der Waals surface area contributed by atoms with Gasteiger partial charge in [0.15, 0.2) is 0 Å². The van der Waals surface area contributed by atoms with E-state index in [4.69, 9.17) is 11.6 Å². The number of aromatic nitrogens is 2. The lowest BCUT2D eigenvalue weighted by Crippen LogP contribution is -2.48. The van der Waals surface area contributed by atoms with Crippen molar-refractivity contribution in [1.29, 1.82) is 0 Å². The van der Waals surface area contributed by atoms with Crippen molar-refractivity contribution in [2.75, 3.05) is 24.4 Å². The van der Waals surface area contributed by atoms with E-state index in [0.717, 1.165) is 22.3 Å². The van der Waals surface area contributed by atoms with Crippen LogP contribution in [0.5, 0.6) is 0 Å². The van der Waals surface area contributed by atoms with E-state index in [1.807, 2.05) is 50.2 Å². The van der Waals surface area contributed by atoms with Crippen LogP contribution < -0.4 is 4.72 Å². The summed E-state index contributed by atoms with van der Waals surface area (Å²) in [4.78, 5) is 26.4. The SMILES string of the molecule is Cc1cccc(C)c1-c1cc(Cl)nc(NS(=O)(=O)c2cccc(CC(=O)N3CCN(Cc4ccccc4)C[C@H](O)[C@H]3CC(C)C)c2)n1. The number of hydrogen-bond acceptors (Lipinski definition) is 7. The van der Waals surface area contributed by atoms with Gasteiger partial charge in [-0.2, -0.15) is 0 Å². The lowest BCUT2D eigenvalue weighted by atomic mass is 9.97. The number of anilines is 1. The van der Waals surface area contributed by atoms with Crippen molar-refractivity contribution in [2.24, 2.45) is 5.92 Å². The molecule has 1 aliphatic heterocycles. The molecule has 3 aromatic carbocycles. The van der Waals surface area contributed by atoms with E-state index >= 15 is 0 Å². The molecule has 1 fully saturated rings. The van der Waals surface area contributed by atoms with Gasteiger partial charge in [0.1, 0.15) is 5.15 Å². The zero-order valence-electron chi connectivity index (χ0n) is 27.2. The molecule has 0 spiro atoms. The highest BCUT2D eigenvalue weighted by Crippen LogP contribution is 2.29. The maximum atomic E-state index is 13.8. The van der Waals surface area contributed by atoms with Gasteiger partial charge in [0.05, 0.1) is 29.2 Å². The van der Waals surface area contributed by atoms with Crippen LogP contribution in [0.15, 0.2) is 83.8 Å². The maximum Gasteiger partial charge on any atom is 0.264 e. The second kappa shape index (κ2) is 14.9. The largest absolute Gasteiger partial charge is 0.390 e. The average Bonchev–Trinajstić information content (AvgIpc) is 3.15. The number of nitrogens with zero attached hydrogens (tertiary/aromatic N) is 4. The molecule has 9 nitrogen and oxygen atoms in total. The van der Waals surface area contributed by atoms with Crippen molar-refractivity contribution in [3.05, 3.63) is 106 Å². The van der Waals surface area contributed by atoms with E-state index in [1.54, 1.807) is 23.1 Å². The van der Waals surface area contributed by atoms with Crippen LogP contribution in [0, 0.1) is 19.8 Å². The Balaban J connectivity index is 1.33. The number of carbonyl (C=O) groups is 1. The number of halogens is 1. The Morgan fingerprint density at radius 3 is 2.34 bits per heavy atom. The Labute approximate surface area is 282 Å². The van der Waals surface area contributed by atoms with Crippen LogP contribution in [0.25, 0.3) is 11.3 Å². The predicted octanol–water partition coefficient (Wildman–Crippen LogP) is 5.88. The van der Waals surface area contributed by atoms with Crippen molar-refractivity contribution in [1.82, 2.24) is 19.8 Å². The Morgan fingerprint density at radius 2 is 1.64 bits per heavy atom. The number of sulfonamides is 1. The molecular weight excluding hydrogens is 634 g/mol. The van der Waals surface area contributed by atoms with Crippen LogP contribution >= 0.6 is 11.6 Å². The molecule has 2 N–H and O–H groups in total. The summed E-state index contributed by atoms with van der Waals surface area (Å²) in [6, 6.07) is 23.5. The molecule has 4 aromatic rings. The molecule has 5 rings (SSSR count). The number of hydrogen-bond donors (Lipinski definition) is 2. The second-order valence-electron chi connectivity index (χ2n) is 12.7. The van der Waals surface area contributed by atoms with Gasteiger partial charge < -0.3 is 10.0 Å². The fraction of sp³-hybridized carbons (Fsp3) is 0.361. The van der Waals surface area contributed by atoms with Crippen LogP contribution in [0.1, 0.15) is 42.5 Å². The van der Waals surface area contributed by atoms with Gasteiger partial charge >= 0.3 is 0 Å². The molecule has 11 heteroatoms. The number of aliphatic hydroxyl groups is 1. The van der Waals surface area contributed by atoms with Gasteiger partial charge in [0, 0.05) is 37.8 Å². The first-order chi connectivity index (χ1) is 22.4. The molecule has 0 bridgehead atoms. The lowest BCUT2D eigenvalue weighted by Gasteiger charge is -2.34. The van der Waals surface area contributed by atoms with E-state index in [0.29, 0.717) is 43.9 Å². The third-order valence-corrected chi connectivity index (χ3v) is 9.97. The standard InChI is InChI=1S/C36H42ClN5O4S/c1-24(2)18-31-32(43)23-41(22-27-12-6-5-7-13-27)16-17-42(31)34(44)20-28-14-9-15-29(19-28)47(45,46)40-36-38-30(21-33(37)39-36)35-25(3)10-8-11-26(35)4/h5-15,19,21,24,31-32,43H,16-18,20,22-23H2,1-4H3,(H,38,39,40)/t31-,32+/m1/s1. The highest BCUT2D eigenvalue weighted by Gasteiger charge is 2.34. The molecule has 47 heavy (non-hydrogen) atoms. The van der Waals surface area contributed by atoms with Crippen molar-refractivity contribution in [2.45, 2.75) is 64.1 Å². The van der Waals surface area contributed by atoms with Crippen molar-refractivity contribution < 1.29 is 18.3 Å². The minimum absolute atomic E-state index is 0.00622. The minimum atomic E-state index is -4.12. The van der Waals surface area contributed by atoms with Crippen LogP contribution in [-0.4, -0.2) is 71.0 Å².